The van der Waals surface area contributed by atoms with Gasteiger partial charge in [-0.05, 0) is 30.4 Å². The van der Waals surface area contributed by atoms with Gasteiger partial charge in [-0.25, -0.2) is 4.98 Å². The van der Waals surface area contributed by atoms with E-state index in [1.54, 1.807) is 12.1 Å². The highest BCUT2D eigenvalue weighted by atomic mass is 32.1. The second kappa shape index (κ2) is 9.45. The Morgan fingerprint density at radius 3 is 2.31 bits per heavy atom. The molecular weight excluding hydrogens is 390 g/mol. The number of carbonyl (C=O) groups is 1. The number of nitrogens with one attached hydrogen (secondary N) is 1. The van der Waals surface area contributed by atoms with Crippen LogP contribution in [0.15, 0.2) is 17.5 Å². The number of rotatable bonds is 7. The predicted molar refractivity (Wildman–Crippen MR) is 114 cm³/mol. The Bertz CT molecular complexity index is 819. The number of aromatic nitrogens is 1. The Hall–Kier alpha value is -2.32. The Morgan fingerprint density at radius 1 is 1.14 bits per heavy atom. The highest BCUT2D eigenvalue weighted by molar-refractivity contribution is 7.14. The number of piperidine rings is 1. The Balaban J connectivity index is 1.69. The number of benzene rings is 1. The topological polar surface area (TPSA) is 72.9 Å². The van der Waals surface area contributed by atoms with Gasteiger partial charge in [-0.2, -0.15) is 0 Å². The minimum Gasteiger partial charge on any atom is -0.493 e. The lowest BCUT2D eigenvalue weighted by atomic mass is 9.92. The summed E-state index contributed by atoms with van der Waals surface area (Å²) in [5.74, 6) is 2.46. The van der Waals surface area contributed by atoms with Crippen molar-refractivity contribution in [2.75, 3.05) is 39.7 Å². The average Bonchev–Trinajstić information content (AvgIpc) is 3.12. The number of hydrogen-bond acceptors (Lipinski definition) is 7. The lowest BCUT2D eigenvalue weighted by molar-refractivity contribution is 0.102. The minimum absolute atomic E-state index is 0.273. The van der Waals surface area contributed by atoms with Gasteiger partial charge in [-0.15, -0.1) is 11.3 Å². The molecule has 29 heavy (non-hydrogen) atoms. The SMILES string of the molecule is COc1cc(C(=O)Nc2nc(CN3C[C@@H](C)C[C@H](C)C3)cs2)cc(OC)c1OC. The van der Waals surface area contributed by atoms with E-state index in [-0.39, 0.29) is 5.91 Å². The van der Waals surface area contributed by atoms with Crippen LogP contribution in [0.25, 0.3) is 0 Å². The van der Waals surface area contributed by atoms with Crippen molar-refractivity contribution >= 4 is 22.4 Å². The summed E-state index contributed by atoms with van der Waals surface area (Å²) in [5.41, 5.74) is 1.39. The van der Waals surface area contributed by atoms with Gasteiger partial charge in [0.2, 0.25) is 5.75 Å². The Kier molecular flexibility index (Phi) is 6.97. The van der Waals surface area contributed by atoms with Crippen LogP contribution in [0, 0.1) is 11.8 Å². The molecule has 0 bridgehead atoms. The summed E-state index contributed by atoms with van der Waals surface area (Å²) in [6.07, 6.45) is 1.28. The van der Waals surface area contributed by atoms with Gasteiger partial charge >= 0.3 is 0 Å². The molecular formula is C21H29N3O4S. The molecule has 7 nitrogen and oxygen atoms in total. The molecule has 1 amide bonds. The van der Waals surface area contributed by atoms with Crippen molar-refractivity contribution in [2.45, 2.75) is 26.8 Å². The van der Waals surface area contributed by atoms with Gasteiger partial charge < -0.3 is 14.2 Å². The standard InChI is InChI=1S/C21H29N3O4S/c1-13-6-14(2)10-24(9-13)11-16-12-29-21(22-16)23-20(25)15-7-17(26-3)19(28-5)18(8-15)27-4/h7-8,12-14H,6,9-11H2,1-5H3,(H,22,23,25)/t13-,14-/m0/s1. The molecule has 0 unspecified atom stereocenters. The molecule has 0 spiro atoms. The molecule has 1 aliphatic heterocycles. The average molecular weight is 420 g/mol. The number of carbonyl (C=O) groups excluding carboxylic acids is 1. The monoisotopic (exact) mass is 419 g/mol. The maximum Gasteiger partial charge on any atom is 0.257 e. The molecule has 1 fully saturated rings. The van der Waals surface area contributed by atoms with Gasteiger partial charge in [-0.1, -0.05) is 13.8 Å². The van der Waals surface area contributed by atoms with E-state index in [1.165, 1.54) is 39.1 Å². The van der Waals surface area contributed by atoms with E-state index in [4.69, 9.17) is 14.2 Å². The summed E-state index contributed by atoms with van der Waals surface area (Å²) in [6.45, 7) is 7.59. The second-order valence-electron chi connectivity index (χ2n) is 7.65. The van der Waals surface area contributed by atoms with Crippen molar-refractivity contribution in [3.05, 3.63) is 28.8 Å². The van der Waals surface area contributed by atoms with Crippen LogP contribution in [0.4, 0.5) is 5.13 Å². The number of ether oxygens (including phenoxy) is 3. The normalized spacial score (nSPS) is 19.6. The Labute approximate surface area is 176 Å². The molecule has 0 radical (unpaired) electrons. The summed E-state index contributed by atoms with van der Waals surface area (Å²) in [6, 6.07) is 3.25. The second-order valence-corrected chi connectivity index (χ2v) is 8.51. The van der Waals surface area contributed by atoms with Crippen molar-refractivity contribution in [3.63, 3.8) is 0 Å². The number of hydrogen-bond donors (Lipinski definition) is 1. The molecule has 2 aromatic rings. The zero-order valence-corrected chi connectivity index (χ0v) is 18.5. The van der Waals surface area contributed by atoms with E-state index >= 15 is 0 Å². The molecule has 0 saturated carbocycles. The van der Waals surface area contributed by atoms with Crippen LogP contribution in [-0.4, -0.2) is 50.2 Å². The highest BCUT2D eigenvalue weighted by Crippen LogP contribution is 2.38. The van der Waals surface area contributed by atoms with E-state index in [0.29, 0.717) is 39.8 Å². The number of amides is 1. The van der Waals surface area contributed by atoms with Crippen LogP contribution >= 0.6 is 11.3 Å². The van der Waals surface area contributed by atoms with Gasteiger partial charge in [0.15, 0.2) is 16.6 Å². The molecule has 1 aromatic carbocycles. The van der Waals surface area contributed by atoms with E-state index in [2.05, 4.69) is 29.0 Å². The van der Waals surface area contributed by atoms with E-state index < -0.39 is 0 Å². The van der Waals surface area contributed by atoms with E-state index in [1.807, 2.05) is 5.38 Å². The highest BCUT2D eigenvalue weighted by Gasteiger charge is 2.23. The van der Waals surface area contributed by atoms with Crippen molar-refractivity contribution in [2.24, 2.45) is 11.8 Å². The van der Waals surface area contributed by atoms with Gasteiger partial charge in [0, 0.05) is 30.6 Å². The molecule has 2 atom stereocenters. The van der Waals surface area contributed by atoms with Crippen molar-refractivity contribution in [1.82, 2.24) is 9.88 Å². The van der Waals surface area contributed by atoms with Crippen LogP contribution in [0.3, 0.4) is 0 Å². The maximum absolute atomic E-state index is 12.7. The minimum atomic E-state index is -0.273. The zero-order valence-electron chi connectivity index (χ0n) is 17.7. The fourth-order valence-electron chi connectivity index (χ4n) is 3.97. The number of likely N-dealkylation sites (tertiary alicyclic amines) is 1. The lowest BCUT2D eigenvalue weighted by Crippen LogP contribution is -2.38. The summed E-state index contributed by atoms with van der Waals surface area (Å²) >= 11 is 1.43. The van der Waals surface area contributed by atoms with Gasteiger partial charge in [0.1, 0.15) is 0 Å². The smallest absolute Gasteiger partial charge is 0.257 e. The molecule has 1 saturated heterocycles. The first-order valence-electron chi connectivity index (χ1n) is 9.71. The predicted octanol–water partition coefficient (Wildman–Crippen LogP) is 3.90. The van der Waals surface area contributed by atoms with Gasteiger partial charge in [0.05, 0.1) is 27.0 Å². The summed E-state index contributed by atoms with van der Waals surface area (Å²) < 4.78 is 15.9. The largest absolute Gasteiger partial charge is 0.493 e. The van der Waals surface area contributed by atoms with Crippen LogP contribution in [-0.2, 0) is 6.54 Å². The maximum atomic E-state index is 12.7. The molecule has 1 aromatic heterocycles. The third kappa shape index (κ3) is 5.19. The van der Waals surface area contributed by atoms with Crippen molar-refractivity contribution < 1.29 is 19.0 Å². The quantitative estimate of drug-likeness (QED) is 0.734. The number of anilines is 1. The molecule has 2 heterocycles. The Morgan fingerprint density at radius 2 is 1.76 bits per heavy atom. The fraction of sp³-hybridized carbons (Fsp3) is 0.524. The first-order chi connectivity index (χ1) is 13.9. The van der Waals surface area contributed by atoms with E-state index in [0.717, 1.165) is 25.3 Å². The number of thiazole rings is 1. The molecule has 8 heteroatoms. The van der Waals surface area contributed by atoms with Crippen LogP contribution in [0.2, 0.25) is 0 Å². The van der Waals surface area contributed by atoms with Gasteiger partial charge in [-0.3, -0.25) is 15.0 Å². The first-order valence-corrected chi connectivity index (χ1v) is 10.6. The zero-order chi connectivity index (χ0) is 21.0. The fourth-order valence-corrected chi connectivity index (χ4v) is 4.67. The third-order valence-electron chi connectivity index (χ3n) is 5.03. The molecule has 1 N–H and O–H groups in total. The lowest BCUT2D eigenvalue weighted by Gasteiger charge is -2.34. The summed E-state index contributed by atoms with van der Waals surface area (Å²) in [5, 5.41) is 5.46. The molecule has 1 aliphatic rings. The summed E-state index contributed by atoms with van der Waals surface area (Å²) in [7, 11) is 4.57. The molecule has 0 aliphatic carbocycles. The third-order valence-corrected chi connectivity index (χ3v) is 5.84. The van der Waals surface area contributed by atoms with Gasteiger partial charge in [0.25, 0.3) is 5.91 Å². The molecule has 3 rings (SSSR count). The first kappa shape index (κ1) is 21.4. The van der Waals surface area contributed by atoms with Crippen LogP contribution in [0.1, 0.15) is 36.3 Å². The van der Waals surface area contributed by atoms with Crippen molar-refractivity contribution in [1.29, 1.82) is 0 Å². The van der Waals surface area contributed by atoms with Crippen LogP contribution in [0.5, 0.6) is 17.2 Å². The summed E-state index contributed by atoms with van der Waals surface area (Å²) in [4.78, 5) is 19.8. The van der Waals surface area contributed by atoms with Crippen LogP contribution < -0.4 is 19.5 Å². The van der Waals surface area contributed by atoms with Crippen molar-refractivity contribution in [3.8, 4) is 17.2 Å². The van der Waals surface area contributed by atoms with E-state index in [9.17, 15) is 4.79 Å². The number of methoxy groups -OCH3 is 3. The number of nitrogens with zero attached hydrogens (tertiary/aromatic N) is 2. The molecule has 158 valence electrons.